The zero-order valence-corrected chi connectivity index (χ0v) is 18.6. The normalized spacial score (nSPS) is 11.6. The number of carbonyl (C=O) groups is 4. The highest BCUT2D eigenvalue weighted by Crippen LogP contribution is 2.30. The van der Waals surface area contributed by atoms with Gasteiger partial charge < -0.3 is 21.5 Å². The molecule has 0 aliphatic heterocycles. The maximum atomic E-state index is 12.4. The van der Waals surface area contributed by atoms with Crippen molar-refractivity contribution in [2.24, 2.45) is 5.73 Å². The van der Waals surface area contributed by atoms with Crippen molar-refractivity contribution in [3.8, 4) is 10.6 Å². The summed E-state index contributed by atoms with van der Waals surface area (Å²) in [5.74, 6) is -2.87. The maximum absolute atomic E-state index is 12.4. The lowest BCUT2D eigenvalue weighted by Crippen LogP contribution is -2.48. The minimum Gasteiger partial charge on any atom is -0.481 e. The molecule has 0 bridgehead atoms. The van der Waals surface area contributed by atoms with Crippen molar-refractivity contribution >= 4 is 45.2 Å². The van der Waals surface area contributed by atoms with Crippen LogP contribution in [0.1, 0.15) is 24.8 Å². The summed E-state index contributed by atoms with van der Waals surface area (Å²) < 4.78 is 1.12. The number of aryl methyl sites for hydroxylation is 1. The van der Waals surface area contributed by atoms with Crippen LogP contribution >= 0.6 is 11.3 Å². The molecule has 9 nitrogen and oxygen atoms in total. The van der Waals surface area contributed by atoms with E-state index in [0.717, 1.165) is 26.4 Å². The number of hydrogen-bond acceptors (Lipinski definition) is 6. The Bertz CT molecular complexity index is 1130. The summed E-state index contributed by atoms with van der Waals surface area (Å²) in [6.07, 6.45) is 0.165. The van der Waals surface area contributed by atoms with Gasteiger partial charge in [-0.3, -0.25) is 19.2 Å². The van der Waals surface area contributed by atoms with Crippen LogP contribution in [-0.2, 0) is 25.6 Å². The zero-order chi connectivity index (χ0) is 23.8. The molecule has 0 spiro atoms. The fourth-order valence-electron chi connectivity index (χ4n) is 3.17. The summed E-state index contributed by atoms with van der Waals surface area (Å²) in [4.78, 5) is 50.9. The molecule has 1 aromatic heterocycles. The first-order chi connectivity index (χ1) is 15.8. The number of amides is 3. The number of rotatable bonds is 11. The highest BCUT2D eigenvalue weighted by Gasteiger charge is 2.22. The lowest BCUT2D eigenvalue weighted by Gasteiger charge is -2.17. The van der Waals surface area contributed by atoms with E-state index < -0.39 is 29.7 Å². The summed E-state index contributed by atoms with van der Waals surface area (Å²) in [6, 6.07) is 14.6. The number of primary amides is 1. The molecule has 0 aliphatic carbocycles. The first-order valence-electron chi connectivity index (χ1n) is 10.3. The molecule has 0 aliphatic rings. The van der Waals surface area contributed by atoms with Gasteiger partial charge in [0.05, 0.1) is 16.8 Å². The molecule has 0 radical (unpaired) electrons. The Hall–Kier alpha value is -3.79. The van der Waals surface area contributed by atoms with Gasteiger partial charge >= 0.3 is 5.97 Å². The third-order valence-corrected chi connectivity index (χ3v) is 5.96. The first kappa shape index (κ1) is 23.9. The van der Waals surface area contributed by atoms with Gasteiger partial charge in [0.2, 0.25) is 17.7 Å². The molecule has 33 heavy (non-hydrogen) atoms. The third-order valence-electron chi connectivity index (χ3n) is 4.87. The zero-order valence-electron chi connectivity index (χ0n) is 17.7. The Balaban J connectivity index is 1.55. The van der Waals surface area contributed by atoms with Crippen LogP contribution in [0.5, 0.6) is 0 Å². The number of aromatic nitrogens is 1. The maximum Gasteiger partial charge on any atom is 0.303 e. The standard InChI is InChI=1S/C23H24N4O5S/c24-19(28)13-25-22(32)17(10-12-21(30)31)26-20(29)11-7-14-5-8-15(9-6-14)23-27-16-3-1-2-4-18(16)33-23/h1-6,8-9,17H,7,10-13H2,(H2,24,28)(H,25,32)(H,26,29)(H,30,31). The number of fused-ring (bicyclic) bond motifs is 1. The second kappa shape index (κ2) is 11.2. The number of para-hydroxylation sites is 1. The Morgan fingerprint density at radius 2 is 1.76 bits per heavy atom. The number of aliphatic carboxylic acids is 1. The van der Waals surface area contributed by atoms with E-state index in [1.54, 1.807) is 11.3 Å². The molecule has 1 unspecified atom stereocenters. The van der Waals surface area contributed by atoms with Gasteiger partial charge in [0, 0.05) is 18.4 Å². The van der Waals surface area contributed by atoms with E-state index in [2.05, 4.69) is 15.6 Å². The van der Waals surface area contributed by atoms with Crippen molar-refractivity contribution in [2.45, 2.75) is 31.7 Å². The number of carboxylic acids is 1. The molecule has 1 heterocycles. The summed E-state index contributed by atoms with van der Waals surface area (Å²) in [5.41, 5.74) is 7.89. The molecule has 3 aromatic rings. The summed E-state index contributed by atoms with van der Waals surface area (Å²) in [6.45, 7) is -0.390. The molecule has 10 heteroatoms. The van der Waals surface area contributed by atoms with Crippen LogP contribution in [0.2, 0.25) is 0 Å². The van der Waals surface area contributed by atoms with Gasteiger partial charge in [0.1, 0.15) is 11.0 Å². The van der Waals surface area contributed by atoms with E-state index in [1.165, 1.54) is 0 Å². The predicted octanol–water partition coefficient (Wildman–Crippen LogP) is 1.85. The highest BCUT2D eigenvalue weighted by atomic mass is 32.1. The number of carbonyl (C=O) groups excluding carboxylic acids is 3. The average Bonchev–Trinajstić information content (AvgIpc) is 3.23. The summed E-state index contributed by atoms with van der Waals surface area (Å²) in [5, 5.41) is 14.6. The topological polar surface area (TPSA) is 151 Å². The van der Waals surface area contributed by atoms with Crippen LogP contribution in [0.15, 0.2) is 48.5 Å². The smallest absolute Gasteiger partial charge is 0.303 e. The molecule has 3 amide bonds. The number of carboxylic acid groups (broad SMARTS) is 1. The number of nitrogens with two attached hydrogens (primary N) is 1. The van der Waals surface area contributed by atoms with Gasteiger partial charge in [0.15, 0.2) is 0 Å². The number of nitrogens with one attached hydrogen (secondary N) is 2. The largest absolute Gasteiger partial charge is 0.481 e. The van der Waals surface area contributed by atoms with E-state index in [0.29, 0.717) is 6.42 Å². The number of hydrogen-bond donors (Lipinski definition) is 4. The van der Waals surface area contributed by atoms with E-state index in [4.69, 9.17) is 10.8 Å². The van der Waals surface area contributed by atoms with E-state index >= 15 is 0 Å². The molecule has 5 N–H and O–H groups in total. The van der Waals surface area contributed by atoms with Crippen LogP contribution in [0.4, 0.5) is 0 Å². The minimum atomic E-state index is -1.09. The van der Waals surface area contributed by atoms with Crippen LogP contribution in [-0.4, -0.2) is 46.4 Å². The average molecular weight is 469 g/mol. The molecule has 0 saturated carbocycles. The lowest BCUT2D eigenvalue weighted by molar-refractivity contribution is -0.138. The molecular weight excluding hydrogens is 444 g/mol. The molecule has 3 rings (SSSR count). The number of nitrogens with zero attached hydrogens (tertiary/aromatic N) is 1. The minimum absolute atomic E-state index is 0.0947. The molecule has 0 fully saturated rings. The van der Waals surface area contributed by atoms with E-state index in [9.17, 15) is 19.2 Å². The number of benzene rings is 2. The van der Waals surface area contributed by atoms with Crippen LogP contribution < -0.4 is 16.4 Å². The Morgan fingerprint density at radius 1 is 1.03 bits per heavy atom. The van der Waals surface area contributed by atoms with Crippen LogP contribution in [0, 0.1) is 0 Å². The van der Waals surface area contributed by atoms with Crippen molar-refractivity contribution < 1.29 is 24.3 Å². The molecular formula is C23H24N4O5S. The highest BCUT2D eigenvalue weighted by molar-refractivity contribution is 7.21. The molecule has 2 aromatic carbocycles. The van der Waals surface area contributed by atoms with E-state index in [-0.39, 0.29) is 25.8 Å². The SMILES string of the molecule is NC(=O)CNC(=O)C(CCC(=O)O)NC(=O)CCc1ccc(-c2nc3ccccc3s2)cc1. The van der Waals surface area contributed by atoms with Crippen molar-refractivity contribution in [2.75, 3.05) is 6.54 Å². The van der Waals surface area contributed by atoms with Gasteiger partial charge in [-0.2, -0.15) is 0 Å². The second-order valence-corrected chi connectivity index (χ2v) is 8.45. The number of thiazole rings is 1. The third kappa shape index (κ3) is 7.11. The summed E-state index contributed by atoms with van der Waals surface area (Å²) >= 11 is 1.61. The lowest BCUT2D eigenvalue weighted by atomic mass is 10.1. The van der Waals surface area contributed by atoms with Gasteiger partial charge in [-0.1, -0.05) is 36.4 Å². The first-order valence-corrected chi connectivity index (χ1v) is 11.2. The predicted molar refractivity (Wildman–Crippen MR) is 124 cm³/mol. The van der Waals surface area contributed by atoms with Crippen molar-refractivity contribution in [1.82, 2.24) is 15.6 Å². The van der Waals surface area contributed by atoms with Crippen molar-refractivity contribution in [3.63, 3.8) is 0 Å². The quantitative estimate of drug-likeness (QED) is 0.337. The van der Waals surface area contributed by atoms with Gasteiger partial charge in [-0.25, -0.2) is 4.98 Å². The van der Waals surface area contributed by atoms with Crippen molar-refractivity contribution in [3.05, 3.63) is 54.1 Å². The Kier molecular flexibility index (Phi) is 8.09. The summed E-state index contributed by atoms with van der Waals surface area (Å²) in [7, 11) is 0. The fraction of sp³-hybridized carbons (Fsp3) is 0.261. The molecule has 172 valence electrons. The van der Waals surface area contributed by atoms with Gasteiger partial charge in [-0.05, 0) is 30.5 Å². The van der Waals surface area contributed by atoms with E-state index in [1.807, 2.05) is 48.5 Å². The van der Waals surface area contributed by atoms with Crippen LogP contribution in [0.3, 0.4) is 0 Å². The fourth-order valence-corrected chi connectivity index (χ4v) is 4.14. The second-order valence-electron chi connectivity index (χ2n) is 7.42. The Morgan fingerprint density at radius 3 is 2.42 bits per heavy atom. The monoisotopic (exact) mass is 468 g/mol. The van der Waals surface area contributed by atoms with Crippen molar-refractivity contribution in [1.29, 1.82) is 0 Å². The van der Waals surface area contributed by atoms with Crippen LogP contribution in [0.25, 0.3) is 20.8 Å². The molecule has 0 saturated heterocycles. The molecule has 1 atom stereocenters. The van der Waals surface area contributed by atoms with Gasteiger partial charge in [-0.15, -0.1) is 11.3 Å². The Labute approximate surface area is 194 Å². The van der Waals surface area contributed by atoms with Gasteiger partial charge in [0.25, 0.3) is 0 Å².